The van der Waals surface area contributed by atoms with Gasteiger partial charge >= 0.3 is 0 Å². The van der Waals surface area contributed by atoms with E-state index in [1.165, 1.54) is 5.57 Å². The molecule has 21 heavy (non-hydrogen) atoms. The lowest BCUT2D eigenvalue weighted by atomic mass is 10.1. The predicted molar refractivity (Wildman–Crippen MR) is 85.8 cm³/mol. The maximum Gasteiger partial charge on any atom is 0.242 e. The van der Waals surface area contributed by atoms with Crippen LogP contribution in [0, 0.1) is 17.3 Å². The fourth-order valence-corrected chi connectivity index (χ4v) is 3.01. The van der Waals surface area contributed by atoms with Crippen molar-refractivity contribution in [2.24, 2.45) is 17.3 Å². The van der Waals surface area contributed by atoms with Gasteiger partial charge in [-0.15, -0.1) is 0 Å². The summed E-state index contributed by atoms with van der Waals surface area (Å²) in [6.45, 7) is 13.8. The minimum absolute atomic E-state index is 0.000854. The lowest BCUT2D eigenvalue weighted by molar-refractivity contribution is -0.140. The zero-order valence-electron chi connectivity index (χ0n) is 14.6. The Hall–Kier alpha value is -1.32. The van der Waals surface area contributed by atoms with Crippen molar-refractivity contribution in [2.75, 3.05) is 26.7 Å². The van der Waals surface area contributed by atoms with Crippen molar-refractivity contribution in [2.45, 2.75) is 41.5 Å². The van der Waals surface area contributed by atoms with Crippen LogP contribution >= 0.6 is 0 Å². The van der Waals surface area contributed by atoms with E-state index < -0.39 is 0 Å². The Kier molecular flexibility index (Phi) is 5.60. The second-order valence-electron chi connectivity index (χ2n) is 6.83. The number of nitrogens with zero attached hydrogens (tertiary/aromatic N) is 2. The van der Waals surface area contributed by atoms with E-state index >= 15 is 0 Å². The Bertz CT molecular complexity index is 432. The monoisotopic (exact) mass is 294 g/mol. The minimum atomic E-state index is 0.000854. The lowest BCUT2D eigenvalue weighted by Gasteiger charge is -2.23. The molecule has 0 bridgehead atoms. The van der Waals surface area contributed by atoms with Gasteiger partial charge in [0.05, 0.1) is 12.5 Å². The number of allylic oxidation sites excluding steroid dienone is 2. The van der Waals surface area contributed by atoms with Gasteiger partial charge in [0.15, 0.2) is 0 Å². The number of rotatable bonds is 6. The molecule has 2 amide bonds. The van der Waals surface area contributed by atoms with Crippen LogP contribution in [0.5, 0.6) is 0 Å². The summed E-state index contributed by atoms with van der Waals surface area (Å²) in [5.74, 6) is 0.402. The van der Waals surface area contributed by atoms with Crippen molar-refractivity contribution in [3.05, 3.63) is 11.6 Å². The molecule has 1 saturated carbocycles. The van der Waals surface area contributed by atoms with Crippen LogP contribution in [-0.4, -0.2) is 48.3 Å². The predicted octanol–water partition coefficient (Wildman–Crippen LogP) is 2.55. The highest BCUT2D eigenvalue weighted by Crippen LogP contribution is 2.59. The summed E-state index contributed by atoms with van der Waals surface area (Å²) in [6.07, 6.45) is 2.18. The van der Waals surface area contributed by atoms with E-state index in [0.29, 0.717) is 19.0 Å². The number of likely N-dealkylation sites (N-methyl/N-ethyl adjacent to an activating group) is 2. The summed E-state index contributed by atoms with van der Waals surface area (Å²) in [5.41, 5.74) is 1.24. The molecular weight excluding hydrogens is 264 g/mol. The Morgan fingerprint density at radius 3 is 2.10 bits per heavy atom. The SMILES string of the molecule is CCN(CC)C(=O)CN(C)C(=O)C1C(C=C(C)C)C1(C)C. The Balaban J connectivity index is 2.68. The van der Waals surface area contributed by atoms with Crippen molar-refractivity contribution in [1.29, 1.82) is 0 Å². The van der Waals surface area contributed by atoms with E-state index in [-0.39, 0.29) is 29.7 Å². The largest absolute Gasteiger partial charge is 0.342 e. The molecule has 2 unspecified atom stereocenters. The Labute approximate surface area is 129 Å². The van der Waals surface area contributed by atoms with Gasteiger partial charge in [-0.25, -0.2) is 0 Å². The number of hydrogen-bond donors (Lipinski definition) is 0. The van der Waals surface area contributed by atoms with E-state index in [0.717, 1.165) is 0 Å². The molecule has 4 heteroatoms. The summed E-state index contributed by atoms with van der Waals surface area (Å²) < 4.78 is 0. The summed E-state index contributed by atoms with van der Waals surface area (Å²) in [7, 11) is 1.73. The number of carbonyl (C=O) groups is 2. The molecular formula is C17H30N2O2. The van der Waals surface area contributed by atoms with Crippen LogP contribution in [0.1, 0.15) is 41.5 Å². The van der Waals surface area contributed by atoms with Gasteiger partial charge in [-0.1, -0.05) is 25.5 Å². The van der Waals surface area contributed by atoms with Crippen LogP contribution in [-0.2, 0) is 9.59 Å². The zero-order chi connectivity index (χ0) is 16.4. The van der Waals surface area contributed by atoms with Crippen molar-refractivity contribution in [1.82, 2.24) is 9.80 Å². The third-order valence-electron chi connectivity index (χ3n) is 4.55. The molecule has 1 aliphatic rings. The van der Waals surface area contributed by atoms with Gasteiger partial charge in [-0.3, -0.25) is 9.59 Å². The standard InChI is InChI=1S/C17H30N2O2/c1-8-19(9-2)14(20)11-18(7)16(21)15-13(10-12(3)4)17(15,5)6/h10,13,15H,8-9,11H2,1-7H3. The van der Waals surface area contributed by atoms with E-state index in [1.54, 1.807) is 16.8 Å². The van der Waals surface area contributed by atoms with Gasteiger partial charge in [-0.2, -0.15) is 0 Å². The molecule has 120 valence electrons. The average molecular weight is 294 g/mol. The van der Waals surface area contributed by atoms with Crippen LogP contribution < -0.4 is 0 Å². The highest BCUT2D eigenvalue weighted by Gasteiger charge is 2.61. The van der Waals surface area contributed by atoms with E-state index in [4.69, 9.17) is 0 Å². The molecule has 0 aromatic carbocycles. The van der Waals surface area contributed by atoms with Crippen molar-refractivity contribution in [3.63, 3.8) is 0 Å². The van der Waals surface area contributed by atoms with Crippen molar-refractivity contribution < 1.29 is 9.59 Å². The van der Waals surface area contributed by atoms with E-state index in [9.17, 15) is 9.59 Å². The maximum atomic E-state index is 12.6. The number of carbonyl (C=O) groups excluding carboxylic acids is 2. The smallest absolute Gasteiger partial charge is 0.242 e. The summed E-state index contributed by atoms with van der Waals surface area (Å²) in [4.78, 5) is 28.0. The maximum absolute atomic E-state index is 12.6. The van der Waals surface area contributed by atoms with Crippen LogP contribution in [0.3, 0.4) is 0 Å². The first-order valence-electron chi connectivity index (χ1n) is 7.84. The summed E-state index contributed by atoms with van der Waals surface area (Å²) in [5, 5.41) is 0. The van der Waals surface area contributed by atoms with Gasteiger partial charge < -0.3 is 9.80 Å². The second kappa shape index (κ2) is 6.63. The highest BCUT2D eigenvalue weighted by molar-refractivity contribution is 5.88. The summed E-state index contributed by atoms with van der Waals surface area (Å²) in [6, 6.07) is 0. The molecule has 0 N–H and O–H groups in total. The van der Waals surface area contributed by atoms with Gasteiger partial charge in [0.2, 0.25) is 11.8 Å². The fourth-order valence-electron chi connectivity index (χ4n) is 3.01. The Morgan fingerprint density at radius 1 is 1.14 bits per heavy atom. The zero-order valence-corrected chi connectivity index (χ0v) is 14.6. The molecule has 4 nitrogen and oxygen atoms in total. The molecule has 2 atom stereocenters. The van der Waals surface area contributed by atoms with Gasteiger partial charge in [0.1, 0.15) is 0 Å². The molecule has 0 aliphatic heterocycles. The van der Waals surface area contributed by atoms with Crippen molar-refractivity contribution >= 4 is 11.8 Å². The van der Waals surface area contributed by atoms with Gasteiger partial charge in [0.25, 0.3) is 0 Å². The van der Waals surface area contributed by atoms with Crippen LogP contribution in [0.2, 0.25) is 0 Å². The molecule has 0 heterocycles. The number of hydrogen-bond acceptors (Lipinski definition) is 2. The third-order valence-corrected chi connectivity index (χ3v) is 4.55. The molecule has 0 saturated heterocycles. The molecule has 1 fully saturated rings. The first-order valence-corrected chi connectivity index (χ1v) is 7.84. The van der Waals surface area contributed by atoms with Crippen LogP contribution in [0.25, 0.3) is 0 Å². The van der Waals surface area contributed by atoms with Crippen molar-refractivity contribution in [3.8, 4) is 0 Å². The van der Waals surface area contributed by atoms with Gasteiger partial charge in [-0.05, 0) is 39.0 Å². The topological polar surface area (TPSA) is 40.6 Å². The first kappa shape index (κ1) is 17.7. The average Bonchev–Trinajstić information content (AvgIpc) is 2.90. The first-order chi connectivity index (χ1) is 9.66. The quantitative estimate of drug-likeness (QED) is 0.706. The molecule has 1 rings (SSSR count). The Morgan fingerprint density at radius 2 is 1.67 bits per heavy atom. The minimum Gasteiger partial charge on any atom is -0.342 e. The lowest BCUT2D eigenvalue weighted by Crippen LogP contribution is -2.41. The fraction of sp³-hybridized carbons (Fsp3) is 0.765. The second-order valence-corrected chi connectivity index (χ2v) is 6.83. The van der Waals surface area contributed by atoms with Crippen LogP contribution in [0.15, 0.2) is 11.6 Å². The third kappa shape index (κ3) is 3.86. The van der Waals surface area contributed by atoms with E-state index in [1.807, 2.05) is 13.8 Å². The molecule has 1 aliphatic carbocycles. The highest BCUT2D eigenvalue weighted by atomic mass is 16.2. The van der Waals surface area contributed by atoms with Gasteiger partial charge in [0, 0.05) is 20.1 Å². The summed E-state index contributed by atoms with van der Waals surface area (Å²) >= 11 is 0. The van der Waals surface area contributed by atoms with Crippen LogP contribution in [0.4, 0.5) is 0 Å². The number of amides is 2. The molecule has 0 spiro atoms. The molecule has 0 aromatic rings. The normalized spacial score (nSPS) is 22.4. The molecule has 0 aromatic heterocycles. The molecule has 0 radical (unpaired) electrons. The van der Waals surface area contributed by atoms with E-state index in [2.05, 4.69) is 33.8 Å².